The molecular weight excluding hydrogens is 400 g/mol. The van der Waals surface area contributed by atoms with E-state index in [0.29, 0.717) is 34.4 Å². The first kappa shape index (κ1) is 21.9. The average Bonchev–Trinajstić information content (AvgIpc) is 2.63. The van der Waals surface area contributed by atoms with Crippen molar-refractivity contribution in [3.05, 3.63) is 47.5 Å². The van der Waals surface area contributed by atoms with Crippen LogP contribution in [0.4, 0.5) is 21.9 Å². The number of benzene rings is 2. The summed E-state index contributed by atoms with van der Waals surface area (Å²) in [7, 11) is 3.92. The highest BCUT2D eigenvalue weighted by molar-refractivity contribution is 7.82. The molecule has 0 saturated carbocycles. The van der Waals surface area contributed by atoms with E-state index in [0.717, 1.165) is 10.8 Å². The SMILES string of the molecule is CC(=O)Nc1ccc(N(S)C(=O)Nc2ccc(OCCN(C)C)c(Cl)c2)cc1. The molecule has 2 aromatic rings. The van der Waals surface area contributed by atoms with E-state index in [4.69, 9.17) is 16.3 Å². The second kappa shape index (κ2) is 10.2. The number of halogens is 1. The van der Waals surface area contributed by atoms with Crippen molar-refractivity contribution in [2.75, 3.05) is 42.2 Å². The zero-order valence-corrected chi connectivity index (χ0v) is 17.6. The molecule has 3 amide bonds. The highest BCUT2D eigenvalue weighted by Crippen LogP contribution is 2.28. The number of thiol groups is 1. The summed E-state index contributed by atoms with van der Waals surface area (Å²) in [6, 6.07) is 11.3. The number of ether oxygens (including phenoxy) is 1. The second-order valence-electron chi connectivity index (χ2n) is 6.27. The Labute approximate surface area is 175 Å². The Morgan fingerprint density at radius 3 is 2.29 bits per heavy atom. The summed E-state index contributed by atoms with van der Waals surface area (Å²) in [6.07, 6.45) is 0. The average molecular weight is 423 g/mol. The van der Waals surface area contributed by atoms with Gasteiger partial charge in [0.15, 0.2) is 0 Å². The van der Waals surface area contributed by atoms with Crippen LogP contribution in [0.2, 0.25) is 5.02 Å². The van der Waals surface area contributed by atoms with Crippen LogP contribution in [-0.4, -0.2) is 44.1 Å². The van der Waals surface area contributed by atoms with Crippen LogP contribution in [-0.2, 0) is 4.79 Å². The van der Waals surface area contributed by atoms with E-state index >= 15 is 0 Å². The van der Waals surface area contributed by atoms with Crippen molar-refractivity contribution in [3.8, 4) is 5.75 Å². The van der Waals surface area contributed by atoms with Gasteiger partial charge in [-0.1, -0.05) is 24.4 Å². The minimum absolute atomic E-state index is 0.167. The van der Waals surface area contributed by atoms with Gasteiger partial charge in [-0.3, -0.25) is 4.79 Å². The quantitative estimate of drug-likeness (QED) is 0.587. The molecule has 0 aromatic heterocycles. The Morgan fingerprint density at radius 2 is 1.71 bits per heavy atom. The number of urea groups is 1. The number of hydrogen-bond donors (Lipinski definition) is 3. The zero-order chi connectivity index (χ0) is 20.7. The van der Waals surface area contributed by atoms with E-state index in [2.05, 4.69) is 23.4 Å². The van der Waals surface area contributed by atoms with Gasteiger partial charge in [0.05, 0.1) is 10.7 Å². The van der Waals surface area contributed by atoms with E-state index in [-0.39, 0.29) is 5.91 Å². The van der Waals surface area contributed by atoms with Gasteiger partial charge in [0, 0.05) is 24.8 Å². The van der Waals surface area contributed by atoms with E-state index in [1.807, 2.05) is 19.0 Å². The molecule has 2 N–H and O–H groups in total. The van der Waals surface area contributed by atoms with Gasteiger partial charge in [-0.05, 0) is 56.6 Å². The summed E-state index contributed by atoms with van der Waals surface area (Å²) in [4.78, 5) is 25.5. The Kier molecular flexibility index (Phi) is 7.98. The monoisotopic (exact) mass is 422 g/mol. The number of carbonyl (C=O) groups is 2. The lowest BCUT2D eigenvalue weighted by Gasteiger charge is -2.18. The van der Waals surface area contributed by atoms with Crippen molar-refractivity contribution in [2.24, 2.45) is 0 Å². The lowest BCUT2D eigenvalue weighted by Crippen LogP contribution is -2.26. The fourth-order valence-corrected chi connectivity index (χ4v) is 2.64. The summed E-state index contributed by atoms with van der Waals surface area (Å²) in [5.74, 6) is 0.386. The summed E-state index contributed by atoms with van der Waals surface area (Å²) < 4.78 is 6.78. The number of likely N-dealkylation sites (N-methyl/N-ethyl adjacent to an activating group) is 1. The van der Waals surface area contributed by atoms with Gasteiger partial charge in [0.25, 0.3) is 0 Å². The molecule has 0 unspecified atom stereocenters. The van der Waals surface area contributed by atoms with Crippen molar-refractivity contribution < 1.29 is 14.3 Å². The molecule has 0 aliphatic rings. The molecule has 9 heteroatoms. The molecule has 2 rings (SSSR count). The van der Waals surface area contributed by atoms with Crippen LogP contribution in [0.5, 0.6) is 5.75 Å². The van der Waals surface area contributed by atoms with Crippen LogP contribution in [0.3, 0.4) is 0 Å². The maximum absolute atomic E-state index is 12.4. The molecule has 0 aliphatic heterocycles. The highest BCUT2D eigenvalue weighted by atomic mass is 35.5. The number of amides is 3. The maximum Gasteiger partial charge on any atom is 0.336 e. The predicted molar refractivity (Wildman–Crippen MR) is 117 cm³/mol. The fraction of sp³-hybridized carbons (Fsp3) is 0.263. The lowest BCUT2D eigenvalue weighted by atomic mass is 10.2. The number of hydrogen-bond acceptors (Lipinski definition) is 5. The van der Waals surface area contributed by atoms with Gasteiger partial charge >= 0.3 is 6.03 Å². The molecule has 0 heterocycles. The second-order valence-corrected chi connectivity index (χ2v) is 7.07. The zero-order valence-electron chi connectivity index (χ0n) is 15.9. The summed E-state index contributed by atoms with van der Waals surface area (Å²) in [5.41, 5.74) is 1.70. The van der Waals surface area contributed by atoms with Crippen LogP contribution in [0.25, 0.3) is 0 Å². The maximum atomic E-state index is 12.4. The summed E-state index contributed by atoms with van der Waals surface area (Å²) in [6.45, 7) is 2.71. The number of nitrogens with one attached hydrogen (secondary N) is 2. The molecule has 28 heavy (non-hydrogen) atoms. The molecule has 7 nitrogen and oxygen atoms in total. The van der Waals surface area contributed by atoms with Gasteiger partial charge in [0.2, 0.25) is 5.91 Å². The molecule has 0 radical (unpaired) electrons. The van der Waals surface area contributed by atoms with Crippen LogP contribution in [0, 0.1) is 0 Å². The van der Waals surface area contributed by atoms with Gasteiger partial charge < -0.3 is 20.3 Å². The predicted octanol–water partition coefficient (Wildman–Crippen LogP) is 4.12. The van der Waals surface area contributed by atoms with Gasteiger partial charge in [-0.15, -0.1) is 0 Å². The first-order valence-corrected chi connectivity index (χ1v) is 9.29. The van der Waals surface area contributed by atoms with Crippen LogP contribution in [0.15, 0.2) is 42.5 Å². The van der Waals surface area contributed by atoms with Crippen LogP contribution < -0.4 is 19.7 Å². The first-order valence-electron chi connectivity index (χ1n) is 8.51. The van der Waals surface area contributed by atoms with Gasteiger partial charge in [0.1, 0.15) is 12.4 Å². The third-order valence-electron chi connectivity index (χ3n) is 3.60. The minimum Gasteiger partial charge on any atom is -0.491 e. The van der Waals surface area contributed by atoms with E-state index in [1.54, 1.807) is 42.5 Å². The smallest absolute Gasteiger partial charge is 0.336 e. The van der Waals surface area contributed by atoms with Crippen LogP contribution >= 0.6 is 24.4 Å². The van der Waals surface area contributed by atoms with E-state index in [1.165, 1.54) is 6.92 Å². The Morgan fingerprint density at radius 1 is 1.07 bits per heavy atom. The van der Waals surface area contributed by atoms with Crippen molar-refractivity contribution in [2.45, 2.75) is 6.92 Å². The lowest BCUT2D eigenvalue weighted by molar-refractivity contribution is -0.114. The van der Waals surface area contributed by atoms with E-state index < -0.39 is 6.03 Å². The topological polar surface area (TPSA) is 73.9 Å². The number of nitrogens with zero attached hydrogens (tertiary/aromatic N) is 2. The van der Waals surface area contributed by atoms with Crippen molar-refractivity contribution >= 4 is 53.4 Å². The molecule has 0 saturated heterocycles. The van der Waals surface area contributed by atoms with Crippen molar-refractivity contribution in [1.29, 1.82) is 0 Å². The fourth-order valence-electron chi connectivity index (χ4n) is 2.22. The normalized spacial score (nSPS) is 10.5. The van der Waals surface area contributed by atoms with Gasteiger partial charge in [-0.25, -0.2) is 9.10 Å². The molecule has 2 aromatic carbocycles. The Bertz CT molecular complexity index is 830. The Balaban J connectivity index is 1.97. The molecule has 0 fully saturated rings. The van der Waals surface area contributed by atoms with Crippen molar-refractivity contribution in [1.82, 2.24) is 4.90 Å². The van der Waals surface area contributed by atoms with Crippen LogP contribution in [0.1, 0.15) is 6.92 Å². The largest absolute Gasteiger partial charge is 0.491 e. The number of rotatable bonds is 7. The molecule has 150 valence electrons. The minimum atomic E-state index is -0.451. The van der Waals surface area contributed by atoms with Gasteiger partial charge in [-0.2, -0.15) is 0 Å². The molecule has 0 aliphatic carbocycles. The summed E-state index contributed by atoms with van der Waals surface area (Å²) >= 11 is 10.5. The van der Waals surface area contributed by atoms with Crippen molar-refractivity contribution in [3.63, 3.8) is 0 Å². The van der Waals surface area contributed by atoms with E-state index in [9.17, 15) is 9.59 Å². The molecule has 0 atom stereocenters. The molecule has 0 bridgehead atoms. The number of carbonyl (C=O) groups excluding carboxylic acids is 2. The Hall–Kier alpha value is -2.42. The standard InChI is InChI=1S/C19H23ClN4O3S/c1-13(25)21-14-4-7-16(8-5-14)24(28)19(26)22-15-6-9-18(17(20)12-15)27-11-10-23(2)3/h4-9,12,28H,10-11H2,1-3H3,(H,21,25)(H,22,26). The summed E-state index contributed by atoms with van der Waals surface area (Å²) in [5, 5.41) is 5.79. The third kappa shape index (κ3) is 6.63. The third-order valence-corrected chi connectivity index (χ3v) is 4.31. The first-order chi connectivity index (χ1) is 13.3. The number of anilines is 3. The highest BCUT2D eigenvalue weighted by Gasteiger charge is 2.13. The molecular formula is C19H23ClN4O3S. The molecule has 0 spiro atoms.